The largest absolute Gasteiger partial charge is 1.00 e. The number of hydrogen-bond acceptors (Lipinski definition) is 21. The Labute approximate surface area is 889 Å². The van der Waals surface area contributed by atoms with Crippen LogP contribution in [0.1, 0.15) is 164 Å². The van der Waals surface area contributed by atoms with Crippen LogP contribution in [-0.4, -0.2) is 206 Å². The Bertz CT molecular complexity index is 6660. The van der Waals surface area contributed by atoms with E-state index in [9.17, 15) is 60.3 Å². The zero-order valence-corrected chi connectivity index (χ0v) is 85.4. The molecule has 14 aromatic rings. The number of carboxylic acids is 3. The second kappa shape index (κ2) is 54.0. The number of carboxylic acid groups (broad SMARTS) is 3. The number of nitrogens with one attached hydrogen (secondary N) is 4. The maximum absolute atomic E-state index is 13.3. The third kappa shape index (κ3) is 30.5. The van der Waals surface area contributed by atoms with E-state index in [0.29, 0.717) is 45.1 Å². The first-order chi connectivity index (χ1) is 69.9. The minimum Gasteiger partial charge on any atom is -0.870 e. The number of rotatable bonds is 16. The van der Waals surface area contributed by atoms with Crippen LogP contribution in [0.5, 0.6) is 0 Å². The Morgan fingerprint density at radius 1 is 0.409 bits per heavy atom. The summed E-state index contributed by atoms with van der Waals surface area (Å²) in [6, 6.07) is 68.3. The molecule has 11 aromatic carbocycles. The Morgan fingerprint density at radius 2 is 0.772 bits per heavy atom. The minimum absolute atomic E-state index is 0. The van der Waals surface area contributed by atoms with E-state index in [4.69, 9.17) is 20.1 Å². The fraction of sp³-hybridized carbons (Fsp3) is 0.265. The van der Waals surface area contributed by atoms with Gasteiger partial charge in [0, 0.05) is 222 Å². The van der Waals surface area contributed by atoms with Gasteiger partial charge in [0.1, 0.15) is 29.1 Å². The summed E-state index contributed by atoms with van der Waals surface area (Å²) in [5.74, 6) is -2.29. The van der Waals surface area contributed by atoms with E-state index in [1.54, 1.807) is 118 Å². The normalized spacial score (nSPS) is 15.2. The molecule has 12 heterocycles. The van der Waals surface area contributed by atoms with Gasteiger partial charge in [-0.3, -0.25) is 33.6 Å². The minimum atomic E-state index is -0.914. The average molecular weight is 2130 g/mol. The number of H-pyrrole nitrogens is 1. The Kier molecular flexibility index (Phi) is 41.6. The number of halogens is 6. The fourth-order valence-corrected chi connectivity index (χ4v) is 20.0. The molecule has 9 aliphatic rings. The van der Waals surface area contributed by atoms with Crippen molar-refractivity contribution in [3.63, 3.8) is 0 Å². The molecule has 36 heteroatoms. The molecule has 0 radical (unpaired) electrons. The smallest absolute Gasteiger partial charge is 0.870 e. The first kappa shape index (κ1) is 115. The van der Waals surface area contributed by atoms with Gasteiger partial charge >= 0.3 is 30.8 Å². The Balaban J connectivity index is 0.000000165. The molecule has 27 nitrogen and oxygen atoms in total. The van der Waals surface area contributed by atoms with Gasteiger partial charge in [0.05, 0.1) is 11.1 Å². The quantitative estimate of drug-likeness (QED) is 0.0268. The number of benzene rings is 11. The number of anilines is 9. The van der Waals surface area contributed by atoms with E-state index >= 15 is 0 Å². The van der Waals surface area contributed by atoms with Crippen LogP contribution in [0.2, 0.25) is 0 Å². The number of aromatic nitrogens is 3. The van der Waals surface area contributed by atoms with Crippen LogP contribution >= 0.6 is 38.6 Å². The topological polar surface area (TPSA) is 376 Å². The van der Waals surface area contributed by atoms with Gasteiger partial charge in [-0.05, 0) is 348 Å². The molecule has 0 aliphatic carbocycles. The molecule has 23 rings (SSSR count). The van der Waals surface area contributed by atoms with E-state index in [1.165, 1.54) is 100 Å². The number of Topliss-reactive ketones (excluding diaryl/α,β-unsaturated/α-hetero) is 3. The standard InChI is InChI=1S/C27H27FN4O2S.C16H14FNO.2C15H12FNO2.C11H16N4OS.C10H11NO.C10H9NO.C6H4BrF.C2H4O2.CH4.Li.2H2O/c28-22-2-4-23(5-3-22)32-11-8-20-14-21(1-6-24(20)32)26(33)31-16-19(17-31)13-18-7-10-30(15-18)27(34)25-29-9-12-35-25;1-11(19)12-2-7-16-13(10-12)8-9-18(16)15-5-3-14(17)4-6-15;2*16-12-2-4-13(5-3-12)17-8-7-10-9-11(15(18)19)1-6-14(10)17;16-11(10-13-2-4-17-10)15-3-1-8(7-15)14-9-5-12-6-9;2*1-7(12)8-2-3-10-9(6-8)4-5-11-10;7-5-1-3-6(8)4-2-5;1-2(3)4;;;;/h1-6,9,12,14,18-19H,7-8,10-11,13,15-17H2;2-7,10H,8-9H2,1H3;2*1-6,9H,7-8H2,(H,18,19);2,4,8-9,12,14H,1,3,5-7H2;2-3,6,11H,4-5H2,1H3;2-6,11H,1H3;1-4H;1H3,(H,3,4);1H4;;2*1H2/q;;;;;;;;;;+1;;/p-1/t18-;;;;8-;;;;;;;;/m1...0......../s1. The first-order valence-electron chi connectivity index (χ1n) is 47.7. The SMILES string of the molecule is C.CC(=O)O.CC(=O)c1ccc2[nH]ccc2c1.CC(=O)c1ccc2c(c1)CCN2.CC(=O)c1ccc2c(c1)CCN2c1ccc(F)cc1.Fc1ccc(Br)cc1.O.O=C(O)c1ccc2c(c1)CCN2c1ccc(F)cc1.O=C(O)c1ccc2c(c1)CCN2c1ccc(F)cc1.O=C(c1ccc2c(c1)CCN2c1ccc(F)cc1)N1CC(C[C@H]2CCN(C(=O)c3nccs3)C2)C1.O=C(c1nccs1)N1CC[C@H](NC2CNC2)C1.[Li+].[OH-]. The molecule has 0 spiro atoms. The van der Waals surface area contributed by atoms with Crippen molar-refractivity contribution in [3.05, 3.63) is 371 Å². The van der Waals surface area contributed by atoms with E-state index in [1.807, 2.05) is 123 Å². The number of aliphatic carboxylic acids is 1. The van der Waals surface area contributed by atoms with Crippen molar-refractivity contribution in [1.82, 2.24) is 40.3 Å². The van der Waals surface area contributed by atoms with E-state index in [-0.39, 0.29) is 101 Å². The molecular formula is C113H116BrF5LiN13O14S2. The summed E-state index contributed by atoms with van der Waals surface area (Å²) in [5.41, 5.74) is 19.6. The van der Waals surface area contributed by atoms with Crippen molar-refractivity contribution in [3.8, 4) is 0 Å². The van der Waals surface area contributed by atoms with Crippen molar-refractivity contribution in [2.45, 2.75) is 98.6 Å². The van der Waals surface area contributed by atoms with Crippen molar-refractivity contribution in [2.75, 3.05) is 110 Å². The van der Waals surface area contributed by atoms with E-state index in [2.05, 4.69) is 66.4 Å². The molecule has 4 fully saturated rings. The van der Waals surface area contributed by atoms with Crippen LogP contribution in [0.3, 0.4) is 0 Å². The third-order valence-electron chi connectivity index (χ3n) is 26.0. The van der Waals surface area contributed by atoms with Crippen LogP contribution in [-0.2, 0) is 36.9 Å². The van der Waals surface area contributed by atoms with Crippen LogP contribution in [0.15, 0.2) is 270 Å². The molecule has 0 bridgehead atoms. The predicted octanol–water partition coefficient (Wildman–Crippen LogP) is 18.2. The van der Waals surface area contributed by atoms with E-state index in [0.717, 1.165) is 243 Å². The zero-order chi connectivity index (χ0) is 102. The number of fused-ring (bicyclic) bond motifs is 6. The number of aromatic amines is 1. The van der Waals surface area contributed by atoms with E-state index < -0.39 is 17.9 Å². The molecule has 9 aliphatic heterocycles. The summed E-state index contributed by atoms with van der Waals surface area (Å²) < 4.78 is 65.1. The molecule has 772 valence electrons. The number of hydrogen-bond donors (Lipinski definition) is 7. The summed E-state index contributed by atoms with van der Waals surface area (Å²) in [4.78, 5) is 127. The number of carbonyl (C=O) groups is 9. The molecule has 10 N–H and O–H groups in total. The summed E-state index contributed by atoms with van der Waals surface area (Å²) in [5, 5.41) is 41.4. The number of likely N-dealkylation sites (tertiary alicyclic amines) is 3. The van der Waals surface area contributed by atoms with Gasteiger partial charge in [0.25, 0.3) is 23.7 Å². The Hall–Kier alpha value is -14.4. The summed E-state index contributed by atoms with van der Waals surface area (Å²) >= 11 is 5.99. The predicted molar refractivity (Wildman–Crippen MR) is 571 cm³/mol. The van der Waals surface area contributed by atoms with Gasteiger partial charge in [-0.15, -0.1) is 22.7 Å². The second-order valence-corrected chi connectivity index (χ2v) is 38.8. The molecule has 0 unspecified atom stereocenters. The summed E-state index contributed by atoms with van der Waals surface area (Å²) in [6.07, 6.45) is 12.8. The Morgan fingerprint density at radius 3 is 1.17 bits per heavy atom. The molecular weight excluding hydrogens is 2010 g/mol. The maximum Gasteiger partial charge on any atom is 1.00 e. The molecule has 4 saturated heterocycles. The van der Waals surface area contributed by atoms with Crippen molar-refractivity contribution in [2.24, 2.45) is 11.8 Å². The number of nitrogens with zero attached hydrogens (tertiary/aromatic N) is 9. The first-order valence-corrected chi connectivity index (χ1v) is 50.3. The van der Waals surface area contributed by atoms with Gasteiger partial charge in [0.2, 0.25) is 0 Å². The monoisotopic (exact) mass is 2120 g/mol. The number of thiazole rings is 2. The van der Waals surface area contributed by atoms with Gasteiger partial charge in [0.15, 0.2) is 27.4 Å². The summed E-state index contributed by atoms with van der Waals surface area (Å²) in [6.45, 7) is 17.0. The number of amides is 3. The van der Waals surface area contributed by atoms with Crippen molar-refractivity contribution in [1.29, 1.82) is 0 Å². The van der Waals surface area contributed by atoms with Crippen LogP contribution in [0, 0.1) is 40.9 Å². The third-order valence-corrected chi connectivity index (χ3v) is 28.1. The van der Waals surface area contributed by atoms with Crippen LogP contribution < -0.4 is 54.4 Å². The molecule has 3 aromatic heterocycles. The van der Waals surface area contributed by atoms with Gasteiger partial charge in [-0.2, -0.15) is 0 Å². The second-order valence-electron chi connectivity index (χ2n) is 36.1. The average Bonchev–Trinajstić information content (AvgIpc) is 1.66. The zero-order valence-electron chi connectivity index (χ0n) is 82.1. The molecule has 0 saturated carbocycles. The van der Waals surface area contributed by atoms with Gasteiger partial charge in [-0.25, -0.2) is 41.5 Å². The van der Waals surface area contributed by atoms with Crippen LogP contribution in [0.25, 0.3) is 10.9 Å². The molecule has 2 atom stereocenters. The van der Waals surface area contributed by atoms with Crippen molar-refractivity contribution < 1.29 is 110 Å². The number of carbonyl (C=O) groups excluding carboxylic acids is 6. The van der Waals surface area contributed by atoms with Gasteiger partial charge in [-0.1, -0.05) is 23.4 Å². The maximum atomic E-state index is 13.3. The van der Waals surface area contributed by atoms with Gasteiger partial charge < -0.3 is 81.5 Å². The van der Waals surface area contributed by atoms with Crippen molar-refractivity contribution >= 4 is 154 Å². The molecule has 3 amide bonds. The van der Waals surface area contributed by atoms with Crippen LogP contribution in [0.4, 0.5) is 73.1 Å². The number of ketones is 3. The molecule has 149 heavy (non-hydrogen) atoms. The fourth-order valence-electron chi connectivity index (χ4n) is 18.5. The number of aromatic carboxylic acids is 2. The summed E-state index contributed by atoms with van der Waals surface area (Å²) in [7, 11) is 0.